The van der Waals surface area contributed by atoms with E-state index in [1.165, 1.54) is 18.5 Å². The summed E-state index contributed by atoms with van der Waals surface area (Å²) in [6.45, 7) is 2.23. The molecule has 5 heterocycles. The van der Waals surface area contributed by atoms with Gasteiger partial charge in [0.2, 0.25) is 11.9 Å². The number of piperidine rings is 1. The van der Waals surface area contributed by atoms with Crippen LogP contribution in [0.1, 0.15) is 50.1 Å². The molecule has 1 saturated carbocycles. The van der Waals surface area contributed by atoms with E-state index in [9.17, 15) is 4.79 Å². The zero-order valence-electron chi connectivity index (χ0n) is 18.1. The van der Waals surface area contributed by atoms with Crippen molar-refractivity contribution in [2.24, 2.45) is 5.73 Å². The number of likely N-dealkylation sites (tertiary alicyclic amines) is 1. The van der Waals surface area contributed by atoms with Gasteiger partial charge in [-0.1, -0.05) is 0 Å². The topological polar surface area (TPSA) is 120 Å². The normalized spacial score (nSPS) is 22.1. The van der Waals surface area contributed by atoms with Crippen LogP contribution in [0, 0.1) is 0 Å². The van der Waals surface area contributed by atoms with Crippen molar-refractivity contribution in [3.05, 3.63) is 30.1 Å². The van der Waals surface area contributed by atoms with Gasteiger partial charge < -0.3 is 20.9 Å². The molecule has 3 aliphatic rings. The lowest BCUT2D eigenvalue weighted by molar-refractivity contribution is -0.133. The molecule has 2 saturated heterocycles. The van der Waals surface area contributed by atoms with Crippen LogP contribution in [0.25, 0.3) is 5.52 Å². The van der Waals surface area contributed by atoms with Gasteiger partial charge in [-0.05, 0) is 50.7 Å². The fourth-order valence-corrected chi connectivity index (χ4v) is 4.86. The third-order valence-electron chi connectivity index (χ3n) is 6.89. The summed E-state index contributed by atoms with van der Waals surface area (Å²) in [5.74, 6) is 2.78. The summed E-state index contributed by atoms with van der Waals surface area (Å²) in [5.41, 5.74) is 8.07. The number of hydrogen-bond acceptors (Lipinski definition) is 7. The van der Waals surface area contributed by atoms with Gasteiger partial charge in [-0.15, -0.1) is 5.10 Å². The minimum atomic E-state index is -0.225. The standard InChI is InChI=1S/C22H29N9O/c23-15-7-11-29(12-8-15)21(32)18-4-1-9-30(18)22-25-20(17-3-2-10-31(17)28-22)24-19-13-16(26-27-19)14-5-6-14/h2-3,10,13-15,18H,1,4-9,11-12,23H2,(H2,24,25,26,27,28)/t18-/m0/s1. The van der Waals surface area contributed by atoms with E-state index in [1.54, 1.807) is 0 Å². The maximum atomic E-state index is 13.3. The quantitative estimate of drug-likeness (QED) is 0.560. The van der Waals surface area contributed by atoms with Crippen LogP contribution in [-0.4, -0.2) is 67.3 Å². The number of nitrogens with zero attached hydrogens (tertiary/aromatic N) is 6. The third-order valence-corrected chi connectivity index (χ3v) is 6.89. The van der Waals surface area contributed by atoms with Crippen molar-refractivity contribution in [3.63, 3.8) is 0 Å². The second kappa shape index (κ2) is 7.77. The van der Waals surface area contributed by atoms with Crippen LogP contribution in [0.15, 0.2) is 24.4 Å². The highest BCUT2D eigenvalue weighted by Crippen LogP contribution is 2.39. The van der Waals surface area contributed by atoms with Crippen LogP contribution in [0.3, 0.4) is 0 Å². The lowest BCUT2D eigenvalue weighted by Crippen LogP contribution is -2.50. The van der Waals surface area contributed by atoms with E-state index in [0.717, 1.165) is 56.7 Å². The summed E-state index contributed by atoms with van der Waals surface area (Å²) in [5, 5.41) is 15.6. The van der Waals surface area contributed by atoms with E-state index >= 15 is 0 Å². The molecule has 6 rings (SSSR count). The molecular weight excluding hydrogens is 406 g/mol. The number of rotatable bonds is 5. The Labute approximate surface area is 186 Å². The Morgan fingerprint density at radius 2 is 2.00 bits per heavy atom. The van der Waals surface area contributed by atoms with Gasteiger partial charge in [0, 0.05) is 49.6 Å². The molecule has 1 amide bonds. The number of hydrogen-bond donors (Lipinski definition) is 3. The van der Waals surface area contributed by atoms with Crippen LogP contribution in [0.4, 0.5) is 17.6 Å². The molecule has 4 N–H and O–H groups in total. The SMILES string of the molecule is NC1CCN(C(=O)[C@@H]2CCCN2c2nc(Nc3cc(C4CC4)[nH]n3)c3cccn3n2)CC1. The number of fused-ring (bicyclic) bond motifs is 1. The first kappa shape index (κ1) is 19.5. The summed E-state index contributed by atoms with van der Waals surface area (Å²) in [4.78, 5) is 22.2. The van der Waals surface area contributed by atoms with E-state index in [2.05, 4.69) is 26.5 Å². The van der Waals surface area contributed by atoms with E-state index in [1.807, 2.05) is 27.7 Å². The number of carbonyl (C=O) groups is 1. The molecule has 0 radical (unpaired) electrons. The van der Waals surface area contributed by atoms with E-state index < -0.39 is 0 Å². The lowest BCUT2D eigenvalue weighted by Gasteiger charge is -2.34. The Hall–Kier alpha value is -3.14. The highest BCUT2D eigenvalue weighted by Gasteiger charge is 2.36. The van der Waals surface area contributed by atoms with Crippen molar-refractivity contribution >= 4 is 29.0 Å². The summed E-state index contributed by atoms with van der Waals surface area (Å²) >= 11 is 0. The highest BCUT2D eigenvalue weighted by atomic mass is 16.2. The minimum absolute atomic E-state index is 0.168. The zero-order chi connectivity index (χ0) is 21.7. The average Bonchev–Trinajstić information content (AvgIpc) is 3.20. The van der Waals surface area contributed by atoms with Crippen molar-refractivity contribution in [1.82, 2.24) is 29.7 Å². The molecule has 0 bridgehead atoms. The minimum Gasteiger partial charge on any atom is -0.341 e. The van der Waals surface area contributed by atoms with Gasteiger partial charge in [0.1, 0.15) is 11.6 Å². The maximum Gasteiger partial charge on any atom is 0.246 e. The number of H-pyrrole nitrogens is 1. The summed E-state index contributed by atoms with van der Waals surface area (Å²) in [6.07, 6.45) is 7.84. The molecule has 32 heavy (non-hydrogen) atoms. The molecule has 3 fully saturated rings. The summed E-state index contributed by atoms with van der Waals surface area (Å²) < 4.78 is 1.82. The molecule has 0 spiro atoms. The Kier molecular flexibility index (Phi) is 4.74. The number of nitrogens with one attached hydrogen (secondary N) is 2. The fraction of sp³-hybridized carbons (Fsp3) is 0.545. The fourth-order valence-electron chi connectivity index (χ4n) is 4.86. The Bertz CT molecular complexity index is 1130. The number of carbonyl (C=O) groups excluding carboxylic acids is 1. The highest BCUT2D eigenvalue weighted by molar-refractivity contribution is 5.85. The molecule has 2 aliphatic heterocycles. The van der Waals surface area contributed by atoms with Crippen molar-refractivity contribution in [2.75, 3.05) is 29.9 Å². The van der Waals surface area contributed by atoms with Gasteiger partial charge in [-0.3, -0.25) is 9.89 Å². The maximum absolute atomic E-state index is 13.3. The van der Waals surface area contributed by atoms with Crippen molar-refractivity contribution < 1.29 is 4.79 Å². The van der Waals surface area contributed by atoms with Crippen LogP contribution in [0.2, 0.25) is 0 Å². The van der Waals surface area contributed by atoms with Crippen molar-refractivity contribution in [1.29, 1.82) is 0 Å². The molecule has 1 aliphatic carbocycles. The first-order chi connectivity index (χ1) is 15.7. The molecule has 1 atom stereocenters. The summed E-state index contributed by atoms with van der Waals surface area (Å²) in [7, 11) is 0. The monoisotopic (exact) mass is 435 g/mol. The van der Waals surface area contributed by atoms with Crippen LogP contribution in [-0.2, 0) is 4.79 Å². The first-order valence-corrected chi connectivity index (χ1v) is 11.6. The summed E-state index contributed by atoms with van der Waals surface area (Å²) in [6, 6.07) is 5.96. The van der Waals surface area contributed by atoms with E-state index in [-0.39, 0.29) is 18.0 Å². The molecule has 3 aromatic rings. The Morgan fingerprint density at radius 3 is 2.81 bits per heavy atom. The van der Waals surface area contributed by atoms with Gasteiger partial charge in [0.05, 0.1) is 0 Å². The van der Waals surface area contributed by atoms with Crippen LogP contribution in [0.5, 0.6) is 0 Å². The number of amides is 1. The number of anilines is 3. The Balaban J connectivity index is 1.28. The van der Waals surface area contributed by atoms with Gasteiger partial charge in [0.15, 0.2) is 11.6 Å². The molecular formula is C22H29N9O. The third kappa shape index (κ3) is 3.58. The smallest absolute Gasteiger partial charge is 0.246 e. The largest absolute Gasteiger partial charge is 0.341 e. The number of aromatic amines is 1. The van der Waals surface area contributed by atoms with Gasteiger partial charge in [0.25, 0.3) is 0 Å². The predicted octanol–water partition coefficient (Wildman–Crippen LogP) is 1.99. The van der Waals surface area contributed by atoms with Crippen LogP contribution >= 0.6 is 0 Å². The average molecular weight is 436 g/mol. The van der Waals surface area contributed by atoms with Crippen LogP contribution < -0.4 is 16.0 Å². The zero-order valence-corrected chi connectivity index (χ0v) is 18.1. The molecule has 168 valence electrons. The van der Waals surface area contributed by atoms with Gasteiger partial charge in [-0.2, -0.15) is 10.1 Å². The van der Waals surface area contributed by atoms with Gasteiger partial charge in [-0.25, -0.2) is 4.52 Å². The second-order valence-electron chi connectivity index (χ2n) is 9.22. The van der Waals surface area contributed by atoms with Crippen molar-refractivity contribution in [3.8, 4) is 0 Å². The second-order valence-corrected chi connectivity index (χ2v) is 9.22. The molecule has 10 heteroatoms. The number of nitrogens with two attached hydrogens (primary N) is 1. The van der Waals surface area contributed by atoms with Gasteiger partial charge >= 0.3 is 0 Å². The molecule has 0 unspecified atom stereocenters. The molecule has 10 nitrogen and oxygen atoms in total. The lowest BCUT2D eigenvalue weighted by atomic mass is 10.0. The molecule has 3 aromatic heterocycles. The number of aromatic nitrogens is 5. The Morgan fingerprint density at radius 1 is 1.16 bits per heavy atom. The van der Waals surface area contributed by atoms with E-state index in [4.69, 9.17) is 15.8 Å². The predicted molar refractivity (Wildman–Crippen MR) is 121 cm³/mol. The van der Waals surface area contributed by atoms with E-state index in [0.29, 0.717) is 17.7 Å². The first-order valence-electron chi connectivity index (χ1n) is 11.6. The molecule has 0 aromatic carbocycles. The van der Waals surface area contributed by atoms with Crippen molar-refractivity contribution in [2.45, 2.75) is 56.5 Å².